The minimum absolute atomic E-state index is 1.10. The predicted octanol–water partition coefficient (Wildman–Crippen LogP) is 4.04. The smallest absolute Gasteiger partial charge is 0.0852 e. The van der Waals surface area contributed by atoms with Gasteiger partial charge in [0.05, 0.1) is 8.26 Å². The molecule has 0 saturated carbocycles. The molecule has 0 fully saturated rings. The number of hydrogen-bond donors (Lipinski definition) is 0. The van der Waals surface area contributed by atoms with E-state index in [1.54, 1.807) is 11.3 Å². The fraction of sp³-hybridized carbons (Fsp3) is 0. The molecule has 0 spiro atoms. The van der Waals surface area contributed by atoms with Gasteiger partial charge in [0, 0.05) is 9.85 Å². The molecule has 1 aromatic heterocycles. The summed E-state index contributed by atoms with van der Waals surface area (Å²) in [5, 5.41) is 2.02. The van der Waals surface area contributed by atoms with Crippen LogP contribution in [0.5, 0.6) is 0 Å². The van der Waals surface area contributed by atoms with Gasteiger partial charge in [-0.1, -0.05) is 0 Å². The average Bonchev–Trinajstić information content (AvgIpc) is 1.98. The molecule has 0 aromatic carbocycles. The van der Waals surface area contributed by atoms with E-state index in [-0.39, 0.29) is 0 Å². The molecule has 0 aliphatic heterocycles. The first kappa shape index (κ1) is 7.25. The van der Waals surface area contributed by atoms with Crippen LogP contribution in [0.25, 0.3) is 0 Å². The van der Waals surface area contributed by atoms with Crippen molar-refractivity contribution in [2.24, 2.45) is 0 Å². The highest BCUT2D eigenvalue weighted by molar-refractivity contribution is 9.14. The Hall–Kier alpha value is 1.14. The maximum Gasteiger partial charge on any atom is 0.0852 e. The Kier molecular flexibility index (Phi) is 2.55. The minimum Gasteiger partial charge on any atom is -0.134 e. The van der Waals surface area contributed by atoms with E-state index in [4.69, 9.17) is 0 Å². The van der Waals surface area contributed by atoms with E-state index >= 15 is 0 Å². The summed E-state index contributed by atoms with van der Waals surface area (Å²) in [6.45, 7) is 0. The van der Waals surface area contributed by atoms with Crippen LogP contribution in [-0.4, -0.2) is 0 Å². The van der Waals surface area contributed by atoms with E-state index in [1.165, 1.54) is 0 Å². The van der Waals surface area contributed by atoms with Crippen LogP contribution < -0.4 is 0 Å². The Morgan fingerprint density at radius 2 is 1.88 bits per heavy atom. The lowest BCUT2D eigenvalue weighted by Gasteiger charge is -1.80. The first-order valence-corrected chi connectivity index (χ1v) is 5.05. The van der Waals surface area contributed by atoms with Crippen molar-refractivity contribution in [3.8, 4) is 0 Å². The van der Waals surface area contributed by atoms with Crippen molar-refractivity contribution in [2.45, 2.75) is 0 Å². The van der Waals surface area contributed by atoms with E-state index in [9.17, 15) is 0 Å². The molecule has 0 aliphatic carbocycles. The SMILES string of the molecule is Brc1csc(Br)c1Br. The van der Waals surface area contributed by atoms with E-state index in [0.29, 0.717) is 0 Å². The minimum atomic E-state index is 1.10. The Balaban J connectivity index is 3.19. The van der Waals surface area contributed by atoms with Gasteiger partial charge in [-0.05, 0) is 47.8 Å². The third-order valence-corrected chi connectivity index (χ3v) is 5.45. The normalized spacial score (nSPS) is 9.88. The Labute approximate surface area is 76.7 Å². The molecule has 0 amide bonds. The highest BCUT2D eigenvalue weighted by Gasteiger charge is 2.01. The van der Waals surface area contributed by atoms with Gasteiger partial charge in [-0.3, -0.25) is 0 Å². The van der Waals surface area contributed by atoms with Gasteiger partial charge in [-0.15, -0.1) is 11.3 Å². The summed E-state index contributed by atoms with van der Waals surface area (Å²) in [6.07, 6.45) is 0. The largest absolute Gasteiger partial charge is 0.134 e. The van der Waals surface area contributed by atoms with Crippen LogP contribution >= 0.6 is 59.1 Å². The molecule has 0 atom stereocenters. The van der Waals surface area contributed by atoms with Crippen molar-refractivity contribution >= 4 is 59.1 Å². The second kappa shape index (κ2) is 2.82. The zero-order valence-corrected chi connectivity index (χ0v) is 9.19. The lowest BCUT2D eigenvalue weighted by molar-refractivity contribution is 1.75. The van der Waals surface area contributed by atoms with Gasteiger partial charge < -0.3 is 0 Å². The maximum absolute atomic E-state index is 3.37. The summed E-state index contributed by atoms with van der Waals surface area (Å²) < 4.78 is 3.33. The summed E-state index contributed by atoms with van der Waals surface area (Å²) in [5.74, 6) is 0. The predicted molar refractivity (Wildman–Crippen MR) is 47.4 cm³/mol. The average molecular weight is 321 g/mol. The van der Waals surface area contributed by atoms with Gasteiger partial charge in [0.15, 0.2) is 0 Å². The third-order valence-electron chi connectivity index (χ3n) is 0.648. The summed E-state index contributed by atoms with van der Waals surface area (Å²) in [6, 6.07) is 0. The molecule has 44 valence electrons. The Morgan fingerprint density at radius 3 is 2.00 bits per heavy atom. The van der Waals surface area contributed by atoms with Gasteiger partial charge >= 0.3 is 0 Å². The third kappa shape index (κ3) is 1.35. The maximum atomic E-state index is 3.37. The number of rotatable bonds is 0. The monoisotopic (exact) mass is 318 g/mol. The molecular formula is C4HBr3S. The quantitative estimate of drug-likeness (QED) is 0.677. The van der Waals surface area contributed by atoms with Crippen molar-refractivity contribution in [2.75, 3.05) is 0 Å². The van der Waals surface area contributed by atoms with Gasteiger partial charge in [-0.2, -0.15) is 0 Å². The first-order chi connectivity index (χ1) is 3.72. The topological polar surface area (TPSA) is 0 Å². The van der Waals surface area contributed by atoms with Gasteiger partial charge in [0.25, 0.3) is 0 Å². The lowest BCUT2D eigenvalue weighted by Crippen LogP contribution is -1.51. The highest BCUT2D eigenvalue weighted by Crippen LogP contribution is 2.36. The molecule has 0 radical (unpaired) electrons. The van der Waals surface area contributed by atoms with Crippen LogP contribution in [0.1, 0.15) is 0 Å². The van der Waals surface area contributed by atoms with E-state index in [0.717, 1.165) is 12.7 Å². The van der Waals surface area contributed by atoms with Gasteiger partial charge in [0.2, 0.25) is 0 Å². The van der Waals surface area contributed by atoms with Crippen molar-refractivity contribution in [3.63, 3.8) is 0 Å². The van der Waals surface area contributed by atoms with Crippen molar-refractivity contribution in [3.05, 3.63) is 18.1 Å². The van der Waals surface area contributed by atoms with Crippen LogP contribution in [0.4, 0.5) is 0 Å². The Bertz CT molecular complexity index is 174. The molecule has 0 aliphatic rings. The molecular weight excluding hydrogens is 320 g/mol. The Morgan fingerprint density at radius 1 is 1.25 bits per heavy atom. The van der Waals surface area contributed by atoms with E-state index in [1.807, 2.05) is 5.38 Å². The summed E-state index contributed by atoms with van der Waals surface area (Å²) in [7, 11) is 0. The molecule has 0 N–H and O–H groups in total. The molecule has 1 rings (SSSR count). The van der Waals surface area contributed by atoms with Crippen molar-refractivity contribution < 1.29 is 0 Å². The van der Waals surface area contributed by atoms with Crippen molar-refractivity contribution in [1.29, 1.82) is 0 Å². The van der Waals surface area contributed by atoms with Crippen LogP contribution in [0.2, 0.25) is 0 Å². The zero-order chi connectivity index (χ0) is 6.15. The molecule has 0 saturated heterocycles. The number of halogens is 3. The summed E-state index contributed by atoms with van der Waals surface area (Å²) >= 11 is 11.7. The van der Waals surface area contributed by atoms with Crippen molar-refractivity contribution in [1.82, 2.24) is 0 Å². The van der Waals surface area contributed by atoms with Crippen LogP contribution in [0, 0.1) is 0 Å². The zero-order valence-electron chi connectivity index (χ0n) is 3.62. The second-order valence-corrected chi connectivity index (χ2v) is 5.02. The molecule has 4 heteroatoms. The number of thiophene rings is 1. The van der Waals surface area contributed by atoms with Crippen LogP contribution in [-0.2, 0) is 0 Å². The molecule has 0 nitrogen and oxygen atoms in total. The lowest BCUT2D eigenvalue weighted by atomic mass is 10.7. The first-order valence-electron chi connectivity index (χ1n) is 1.80. The fourth-order valence-corrected chi connectivity index (χ4v) is 2.76. The van der Waals surface area contributed by atoms with Crippen LogP contribution in [0.3, 0.4) is 0 Å². The molecule has 8 heavy (non-hydrogen) atoms. The standard InChI is InChI=1S/C4HBr3S/c5-2-1-8-4(7)3(2)6/h1H. The summed E-state index contributed by atoms with van der Waals surface area (Å²) in [4.78, 5) is 0. The number of hydrogen-bond acceptors (Lipinski definition) is 1. The van der Waals surface area contributed by atoms with E-state index in [2.05, 4.69) is 47.8 Å². The molecule has 1 heterocycles. The molecule has 0 unspecified atom stereocenters. The second-order valence-electron chi connectivity index (χ2n) is 1.17. The van der Waals surface area contributed by atoms with Gasteiger partial charge in [0.1, 0.15) is 0 Å². The van der Waals surface area contributed by atoms with Crippen LogP contribution in [0.15, 0.2) is 18.1 Å². The highest BCUT2D eigenvalue weighted by atomic mass is 79.9. The van der Waals surface area contributed by atoms with Gasteiger partial charge in [-0.25, -0.2) is 0 Å². The summed E-state index contributed by atoms with van der Waals surface area (Å²) in [5.41, 5.74) is 0. The molecule has 1 aromatic rings. The van der Waals surface area contributed by atoms with E-state index < -0.39 is 0 Å². The fourth-order valence-electron chi connectivity index (χ4n) is 0.301. The molecule has 0 bridgehead atoms.